The van der Waals surface area contributed by atoms with Gasteiger partial charge in [-0.15, -0.1) is 0 Å². The molecule has 2 aliphatic heterocycles. The van der Waals surface area contributed by atoms with E-state index in [2.05, 4.69) is 43.9 Å². The van der Waals surface area contributed by atoms with Gasteiger partial charge in [0.2, 0.25) is 0 Å². The number of piperidine rings is 1. The maximum atomic E-state index is 10.3. The molecule has 106 valence electrons. The van der Waals surface area contributed by atoms with Crippen LogP contribution >= 0.6 is 11.9 Å². The van der Waals surface area contributed by atoms with E-state index in [0.717, 1.165) is 6.54 Å². The first kappa shape index (κ1) is 14.6. The molecule has 0 aliphatic carbocycles. The maximum absolute atomic E-state index is 10.3. The number of rotatable bonds is 1. The molecule has 1 N–H and O–H groups in total. The Morgan fingerprint density at radius 1 is 1.11 bits per heavy atom. The van der Waals surface area contributed by atoms with Gasteiger partial charge in [-0.3, -0.25) is 0 Å². The third-order valence-corrected chi connectivity index (χ3v) is 5.34. The molecule has 18 heavy (non-hydrogen) atoms. The molecule has 0 spiro atoms. The van der Waals surface area contributed by atoms with Crippen molar-refractivity contribution in [2.24, 2.45) is 0 Å². The van der Waals surface area contributed by atoms with E-state index in [4.69, 9.17) is 0 Å². The van der Waals surface area contributed by atoms with E-state index in [1.54, 1.807) is 11.9 Å². The van der Waals surface area contributed by atoms with Gasteiger partial charge in [-0.2, -0.15) is 5.06 Å². The predicted molar refractivity (Wildman–Crippen MR) is 76.6 cm³/mol. The highest BCUT2D eigenvalue weighted by molar-refractivity contribution is 7.98. The molecule has 0 amide bonds. The third kappa shape index (κ3) is 2.85. The average Bonchev–Trinajstić information content (AvgIpc) is 2.26. The van der Waals surface area contributed by atoms with Gasteiger partial charge in [-0.1, -0.05) is 11.9 Å². The number of nitrogens with zero attached hydrogens (tertiary/aromatic N) is 3. The second-order valence-corrected chi connectivity index (χ2v) is 8.42. The zero-order chi connectivity index (χ0) is 13.6. The molecule has 0 radical (unpaired) electrons. The van der Waals surface area contributed by atoms with Crippen LogP contribution in [0.25, 0.3) is 0 Å². The molecule has 0 atom stereocenters. The Labute approximate surface area is 115 Å². The number of hydrogen-bond acceptors (Lipinski definition) is 5. The average molecular weight is 273 g/mol. The predicted octanol–water partition coefficient (Wildman–Crippen LogP) is 2.25. The van der Waals surface area contributed by atoms with Gasteiger partial charge >= 0.3 is 0 Å². The first-order valence-electron chi connectivity index (χ1n) is 6.86. The summed E-state index contributed by atoms with van der Waals surface area (Å²) in [6.07, 6.45) is 2.47. The molecular weight excluding hydrogens is 246 g/mol. The Morgan fingerprint density at radius 2 is 1.67 bits per heavy atom. The standard InChI is InChI=1S/C13H27N3OS/c1-12(2)10-15(18-13(3,4)16(12)17)11-6-8-14(5)9-7-11/h11,17H,6-10H2,1-5H3. The van der Waals surface area contributed by atoms with Crippen molar-refractivity contribution in [3.8, 4) is 0 Å². The minimum atomic E-state index is -0.245. The topological polar surface area (TPSA) is 30.0 Å². The summed E-state index contributed by atoms with van der Waals surface area (Å²) in [5.41, 5.74) is -0.182. The molecule has 2 rings (SSSR count). The summed E-state index contributed by atoms with van der Waals surface area (Å²) in [6.45, 7) is 11.7. The van der Waals surface area contributed by atoms with Crippen molar-refractivity contribution in [1.29, 1.82) is 0 Å². The molecule has 0 saturated carbocycles. The van der Waals surface area contributed by atoms with Gasteiger partial charge in [0.1, 0.15) is 4.87 Å². The molecule has 5 heteroatoms. The Hall–Kier alpha value is 0.190. The van der Waals surface area contributed by atoms with Crippen LogP contribution in [0, 0.1) is 0 Å². The minimum absolute atomic E-state index is 0.182. The fourth-order valence-electron chi connectivity index (χ4n) is 3.02. The molecule has 2 saturated heterocycles. The first-order chi connectivity index (χ1) is 8.22. The van der Waals surface area contributed by atoms with E-state index in [1.807, 2.05) is 0 Å². The minimum Gasteiger partial charge on any atom is -0.312 e. The first-order valence-corrected chi connectivity index (χ1v) is 7.63. The summed E-state index contributed by atoms with van der Waals surface area (Å²) in [4.78, 5) is 2.16. The zero-order valence-electron chi connectivity index (χ0n) is 12.3. The third-order valence-electron chi connectivity index (χ3n) is 4.06. The normalized spacial score (nSPS) is 31.7. The van der Waals surface area contributed by atoms with Crippen LogP contribution in [-0.2, 0) is 0 Å². The van der Waals surface area contributed by atoms with Crippen molar-refractivity contribution < 1.29 is 5.21 Å². The van der Waals surface area contributed by atoms with Gasteiger partial charge < -0.3 is 10.1 Å². The van der Waals surface area contributed by atoms with Crippen LogP contribution in [0.1, 0.15) is 40.5 Å². The smallest absolute Gasteiger partial charge is 0.101 e. The van der Waals surface area contributed by atoms with E-state index < -0.39 is 0 Å². The van der Waals surface area contributed by atoms with Gasteiger partial charge in [0, 0.05) is 12.6 Å². The van der Waals surface area contributed by atoms with E-state index in [9.17, 15) is 5.21 Å². The molecule has 2 fully saturated rings. The largest absolute Gasteiger partial charge is 0.312 e. The van der Waals surface area contributed by atoms with E-state index in [-0.39, 0.29) is 10.4 Å². The molecule has 0 aromatic carbocycles. The Bertz CT molecular complexity index is 283. The lowest BCUT2D eigenvalue weighted by Gasteiger charge is -2.54. The summed E-state index contributed by atoms with van der Waals surface area (Å²) in [5, 5.41) is 11.8. The second-order valence-electron chi connectivity index (χ2n) is 6.77. The molecule has 0 unspecified atom stereocenters. The highest BCUT2D eigenvalue weighted by Gasteiger charge is 2.47. The molecule has 4 nitrogen and oxygen atoms in total. The van der Waals surface area contributed by atoms with E-state index in [1.165, 1.54) is 31.0 Å². The summed E-state index contributed by atoms with van der Waals surface area (Å²) in [5.74, 6) is 0. The number of likely N-dealkylation sites (tertiary alicyclic amines) is 1. The lowest BCUT2D eigenvalue weighted by atomic mass is 10.00. The van der Waals surface area contributed by atoms with Crippen LogP contribution < -0.4 is 0 Å². The van der Waals surface area contributed by atoms with Crippen molar-refractivity contribution in [3.05, 3.63) is 0 Å². The van der Waals surface area contributed by atoms with Crippen LogP contribution in [0.4, 0.5) is 0 Å². The Balaban J connectivity index is 2.06. The fraction of sp³-hybridized carbons (Fsp3) is 1.00. The van der Waals surface area contributed by atoms with E-state index in [0.29, 0.717) is 6.04 Å². The van der Waals surface area contributed by atoms with Crippen molar-refractivity contribution in [1.82, 2.24) is 14.3 Å². The van der Waals surface area contributed by atoms with Gasteiger partial charge in [0.05, 0.1) is 5.54 Å². The van der Waals surface area contributed by atoms with Gasteiger partial charge in [-0.25, -0.2) is 4.31 Å². The lowest BCUT2D eigenvalue weighted by Crippen LogP contribution is -2.63. The Morgan fingerprint density at radius 3 is 2.17 bits per heavy atom. The SMILES string of the molecule is CN1CCC(N2CC(C)(C)N(O)C(C)(C)S2)CC1. The van der Waals surface area contributed by atoms with Gasteiger partial charge in [0.25, 0.3) is 0 Å². The monoisotopic (exact) mass is 273 g/mol. The zero-order valence-corrected chi connectivity index (χ0v) is 13.1. The van der Waals surface area contributed by atoms with Crippen LogP contribution in [0.15, 0.2) is 0 Å². The maximum Gasteiger partial charge on any atom is 0.101 e. The van der Waals surface area contributed by atoms with Crippen LogP contribution in [-0.4, -0.2) is 62.6 Å². The molecule has 0 aromatic heterocycles. The summed E-state index contributed by atoms with van der Waals surface area (Å²) in [7, 11) is 2.20. The van der Waals surface area contributed by atoms with E-state index >= 15 is 0 Å². The fourth-order valence-corrected chi connectivity index (χ4v) is 4.66. The molecule has 2 aliphatic rings. The molecule has 0 bridgehead atoms. The quantitative estimate of drug-likeness (QED) is 0.740. The number of hydrogen-bond donors (Lipinski definition) is 1. The van der Waals surface area contributed by atoms with Gasteiger partial charge in [0.15, 0.2) is 0 Å². The summed E-state index contributed by atoms with van der Waals surface area (Å²) >= 11 is 1.80. The molecular formula is C13H27N3OS. The Kier molecular flexibility index (Phi) is 4.01. The highest BCUT2D eigenvalue weighted by Crippen LogP contribution is 2.43. The van der Waals surface area contributed by atoms with Crippen LogP contribution in [0.5, 0.6) is 0 Å². The van der Waals surface area contributed by atoms with Crippen LogP contribution in [0.3, 0.4) is 0 Å². The lowest BCUT2D eigenvalue weighted by molar-refractivity contribution is -0.207. The highest BCUT2D eigenvalue weighted by atomic mass is 32.2. The number of hydroxylamine groups is 2. The van der Waals surface area contributed by atoms with Crippen molar-refractivity contribution in [3.63, 3.8) is 0 Å². The van der Waals surface area contributed by atoms with Crippen molar-refractivity contribution in [2.45, 2.75) is 57.0 Å². The second kappa shape index (κ2) is 4.94. The molecule has 0 aromatic rings. The van der Waals surface area contributed by atoms with Crippen LogP contribution in [0.2, 0.25) is 0 Å². The van der Waals surface area contributed by atoms with Crippen molar-refractivity contribution >= 4 is 11.9 Å². The van der Waals surface area contributed by atoms with Crippen molar-refractivity contribution in [2.75, 3.05) is 26.7 Å². The summed E-state index contributed by atoms with van der Waals surface area (Å²) < 4.78 is 2.51. The van der Waals surface area contributed by atoms with Gasteiger partial charge in [-0.05, 0) is 60.7 Å². The molecule has 2 heterocycles. The summed E-state index contributed by atoms with van der Waals surface area (Å²) in [6, 6.07) is 0.651.